The van der Waals surface area contributed by atoms with E-state index in [-0.39, 0.29) is 11.6 Å². The Kier molecular flexibility index (Phi) is 8.52. The van der Waals surface area contributed by atoms with Crippen LogP contribution < -0.4 is 4.72 Å². The second-order valence-corrected chi connectivity index (χ2v) is 8.39. The van der Waals surface area contributed by atoms with Crippen LogP contribution in [-0.2, 0) is 14.8 Å². The molecule has 1 aromatic rings. The van der Waals surface area contributed by atoms with Gasteiger partial charge in [-0.2, -0.15) is 17.9 Å². The lowest BCUT2D eigenvalue weighted by Gasteiger charge is -2.21. The summed E-state index contributed by atoms with van der Waals surface area (Å²) in [6.45, 7) is 2.90. The molecule has 1 rings (SSSR count). The number of sulfonamides is 1. The predicted octanol–water partition coefficient (Wildman–Crippen LogP) is 4.00. The highest BCUT2D eigenvalue weighted by Crippen LogP contribution is 2.22. The Bertz CT molecular complexity index is 876. The number of nitrogens with one attached hydrogen (secondary N) is 1. The molecule has 154 valence electrons. The normalized spacial score (nSPS) is 16.2. The minimum atomic E-state index is -4.49. The van der Waals surface area contributed by atoms with E-state index in [0.29, 0.717) is 5.56 Å². The number of hydrogen-bond donors (Lipinski definition) is 3. The first-order valence-electron chi connectivity index (χ1n) is 7.97. The molecule has 2 unspecified atom stereocenters. The first kappa shape index (κ1) is 24.0. The molecular weight excluding hydrogens is 415 g/mol. The van der Waals surface area contributed by atoms with Crippen LogP contribution in [0.1, 0.15) is 25.3 Å². The fourth-order valence-corrected chi connectivity index (χ4v) is 3.36. The van der Waals surface area contributed by atoms with Crippen molar-refractivity contribution in [1.29, 1.82) is 0 Å². The Morgan fingerprint density at radius 1 is 1.21 bits per heavy atom. The average Bonchev–Trinajstić information content (AvgIpc) is 2.61. The maximum absolute atomic E-state index is 12.4. The van der Waals surface area contributed by atoms with E-state index in [1.807, 2.05) is 0 Å². The fourth-order valence-electron chi connectivity index (χ4n) is 2.12. The summed E-state index contributed by atoms with van der Waals surface area (Å²) in [6.07, 6.45) is -1.60. The van der Waals surface area contributed by atoms with Crippen molar-refractivity contribution >= 4 is 28.6 Å². The van der Waals surface area contributed by atoms with E-state index in [0.717, 1.165) is 18.2 Å². The molecule has 0 amide bonds. The van der Waals surface area contributed by atoms with Crippen molar-refractivity contribution < 1.29 is 31.5 Å². The molecule has 5 nitrogen and oxygen atoms in total. The average molecular weight is 435 g/mol. The summed E-state index contributed by atoms with van der Waals surface area (Å²) in [5.74, 6) is -2.05. The summed E-state index contributed by atoms with van der Waals surface area (Å²) in [6, 6.07) is 7.03. The van der Waals surface area contributed by atoms with Gasteiger partial charge in [-0.3, -0.25) is 4.79 Å². The lowest BCUT2D eigenvalue weighted by Crippen LogP contribution is -2.44. The smallest absolute Gasteiger partial charge is 0.409 e. The van der Waals surface area contributed by atoms with Gasteiger partial charge in [0.25, 0.3) is 0 Å². The molecule has 2 atom stereocenters. The van der Waals surface area contributed by atoms with Crippen LogP contribution >= 0.6 is 12.6 Å². The van der Waals surface area contributed by atoms with Crippen molar-refractivity contribution in [3.05, 3.63) is 70.0 Å². The number of allylic oxidation sites excluding steroid dienone is 5. The summed E-state index contributed by atoms with van der Waals surface area (Å²) >= 11 is 3.84. The Morgan fingerprint density at radius 3 is 2.29 bits per heavy atom. The highest BCUT2D eigenvalue weighted by Gasteiger charge is 2.31. The zero-order valence-electron chi connectivity index (χ0n) is 15.0. The molecule has 2 N–H and O–H groups in total. The van der Waals surface area contributed by atoms with Gasteiger partial charge in [0.1, 0.15) is 10.3 Å². The molecule has 0 fully saturated rings. The number of carboxylic acids is 1. The molecule has 0 saturated heterocycles. The topological polar surface area (TPSA) is 83.5 Å². The van der Waals surface area contributed by atoms with Gasteiger partial charge >= 0.3 is 12.1 Å². The van der Waals surface area contributed by atoms with Gasteiger partial charge in [-0.1, -0.05) is 55.0 Å². The van der Waals surface area contributed by atoms with Gasteiger partial charge in [0, 0.05) is 12.0 Å². The second kappa shape index (κ2) is 9.94. The lowest BCUT2D eigenvalue weighted by atomic mass is 9.94. The minimum absolute atomic E-state index is 0.0135. The molecule has 0 aromatic heterocycles. The molecule has 0 saturated carbocycles. The molecule has 0 spiro atoms. The van der Waals surface area contributed by atoms with E-state index in [1.165, 1.54) is 6.92 Å². The van der Waals surface area contributed by atoms with Crippen molar-refractivity contribution in [2.45, 2.75) is 32.0 Å². The van der Waals surface area contributed by atoms with Gasteiger partial charge in [-0.25, -0.2) is 8.42 Å². The number of carboxylic acid groups (broad SMARTS) is 1. The maximum Gasteiger partial charge on any atom is 0.409 e. The SMILES string of the molecule is CC(/C=C\C(F)(F)F)=C\C=C(/S)S(=O)(=O)NC(C(=O)O)C(C)c1ccccc1. The van der Waals surface area contributed by atoms with Crippen LogP contribution in [0.3, 0.4) is 0 Å². The van der Waals surface area contributed by atoms with E-state index in [9.17, 15) is 31.5 Å². The predicted molar refractivity (Wildman–Crippen MR) is 104 cm³/mol. The van der Waals surface area contributed by atoms with E-state index < -0.39 is 38.4 Å². The highest BCUT2D eigenvalue weighted by molar-refractivity contribution is 8.09. The maximum atomic E-state index is 12.4. The number of benzene rings is 1. The second-order valence-electron chi connectivity index (χ2n) is 5.93. The third-order valence-electron chi connectivity index (χ3n) is 3.67. The highest BCUT2D eigenvalue weighted by atomic mass is 32.3. The van der Waals surface area contributed by atoms with Crippen LogP contribution in [0.25, 0.3) is 0 Å². The van der Waals surface area contributed by atoms with Crippen molar-refractivity contribution in [2.24, 2.45) is 0 Å². The van der Waals surface area contributed by atoms with Crippen LogP contribution in [0.4, 0.5) is 13.2 Å². The van der Waals surface area contributed by atoms with E-state index in [2.05, 4.69) is 17.4 Å². The van der Waals surface area contributed by atoms with Gasteiger partial charge in [-0.15, -0.1) is 12.6 Å². The largest absolute Gasteiger partial charge is 0.480 e. The van der Waals surface area contributed by atoms with Crippen molar-refractivity contribution in [3.8, 4) is 0 Å². The first-order valence-corrected chi connectivity index (χ1v) is 9.90. The number of aliphatic carboxylic acids is 1. The molecule has 0 aliphatic rings. The molecule has 0 radical (unpaired) electrons. The zero-order valence-corrected chi connectivity index (χ0v) is 16.7. The number of rotatable bonds is 8. The minimum Gasteiger partial charge on any atom is -0.480 e. The van der Waals surface area contributed by atoms with Gasteiger partial charge in [-0.05, 0) is 18.6 Å². The zero-order chi connectivity index (χ0) is 21.5. The van der Waals surface area contributed by atoms with Crippen LogP contribution in [0.5, 0.6) is 0 Å². The molecule has 0 bridgehead atoms. The number of thiol groups is 1. The quantitative estimate of drug-likeness (QED) is 0.426. The van der Waals surface area contributed by atoms with E-state index in [4.69, 9.17) is 0 Å². The third kappa shape index (κ3) is 7.91. The summed E-state index contributed by atoms with van der Waals surface area (Å²) in [5, 5.41) is 9.42. The van der Waals surface area contributed by atoms with Crippen LogP contribution in [0.15, 0.2) is 64.4 Å². The van der Waals surface area contributed by atoms with Gasteiger partial charge in [0.2, 0.25) is 10.0 Å². The number of alkyl halides is 3. The molecular formula is C18H20F3NO4S2. The number of carbonyl (C=O) groups is 1. The molecule has 0 aliphatic heterocycles. The van der Waals surface area contributed by atoms with E-state index in [1.54, 1.807) is 37.3 Å². The van der Waals surface area contributed by atoms with Crippen LogP contribution in [0, 0.1) is 0 Å². The summed E-state index contributed by atoms with van der Waals surface area (Å²) in [4.78, 5) is 11.6. The standard InChI is InChI=1S/C18H20F3NO4S2/c1-12(10-11-18(19,20)21)8-9-15(27)28(25,26)22-16(17(23)24)13(2)14-6-4-3-5-7-14/h3-11,13,16,22,27H,1-2H3,(H,23,24)/b11-10-,12-8+,15-9+. The third-order valence-corrected chi connectivity index (χ3v) is 5.79. The van der Waals surface area contributed by atoms with Crippen molar-refractivity contribution in [2.75, 3.05) is 0 Å². The van der Waals surface area contributed by atoms with Gasteiger partial charge in [0.15, 0.2) is 0 Å². The monoisotopic (exact) mass is 435 g/mol. The van der Waals surface area contributed by atoms with Gasteiger partial charge in [0.05, 0.1) is 0 Å². The Balaban J connectivity index is 3.03. The Hall–Kier alpha value is -2.04. The van der Waals surface area contributed by atoms with Crippen molar-refractivity contribution in [3.63, 3.8) is 0 Å². The summed E-state index contributed by atoms with van der Waals surface area (Å²) in [7, 11) is -4.29. The molecule has 10 heteroatoms. The molecule has 0 heterocycles. The Morgan fingerprint density at radius 2 is 1.79 bits per heavy atom. The summed E-state index contributed by atoms with van der Waals surface area (Å²) in [5.41, 5.74) is 0.752. The van der Waals surface area contributed by atoms with Crippen molar-refractivity contribution in [1.82, 2.24) is 4.72 Å². The molecule has 1 aromatic carbocycles. The van der Waals surface area contributed by atoms with Crippen LogP contribution in [0.2, 0.25) is 0 Å². The van der Waals surface area contributed by atoms with E-state index >= 15 is 0 Å². The van der Waals surface area contributed by atoms with Gasteiger partial charge < -0.3 is 5.11 Å². The Labute approximate surface area is 167 Å². The summed E-state index contributed by atoms with van der Waals surface area (Å²) < 4.78 is 62.7. The molecule has 28 heavy (non-hydrogen) atoms. The fraction of sp³-hybridized carbons (Fsp3) is 0.278. The lowest BCUT2D eigenvalue weighted by molar-refractivity contribution is -0.139. The first-order chi connectivity index (χ1) is 12.8. The molecule has 0 aliphatic carbocycles. The number of halogens is 3. The van der Waals surface area contributed by atoms with Crippen LogP contribution in [-0.4, -0.2) is 31.7 Å². The number of hydrogen-bond acceptors (Lipinski definition) is 4.